The molecule has 0 aliphatic rings. The number of hydrogen-bond donors (Lipinski definition) is 1. The second-order valence-corrected chi connectivity index (χ2v) is 4.59. The Morgan fingerprint density at radius 1 is 1.21 bits per heavy atom. The Morgan fingerprint density at radius 3 is 2.29 bits per heavy atom. The molecule has 0 unspecified atom stereocenters. The molecule has 1 N–H and O–H groups in total. The fourth-order valence-corrected chi connectivity index (χ4v) is 1.74. The van der Waals surface area contributed by atoms with Gasteiger partial charge in [-0.05, 0) is 31.7 Å². The second kappa shape index (κ2) is 3.62. The Hall–Kier alpha value is -1.01. The van der Waals surface area contributed by atoms with Gasteiger partial charge in [0.05, 0.1) is 0 Å². The molecule has 0 atom stereocenters. The molecule has 0 saturated carbocycles. The van der Waals surface area contributed by atoms with Gasteiger partial charge in [0.1, 0.15) is 16.5 Å². The summed E-state index contributed by atoms with van der Waals surface area (Å²) in [6.07, 6.45) is 0. The highest BCUT2D eigenvalue weighted by Gasteiger charge is 2.18. The second-order valence-electron chi connectivity index (χ2n) is 2.74. The van der Waals surface area contributed by atoms with Crippen molar-refractivity contribution in [2.45, 2.75) is 11.8 Å². The van der Waals surface area contributed by atoms with Crippen LogP contribution in [0, 0.1) is 18.6 Å². The standard InChI is InChI=1S/C8H9F2NO2S/c1-5-3-7(10)8(4-6(5)9)14(12,13)11-2/h3-4,11H,1-2H3. The minimum Gasteiger partial charge on any atom is -0.214 e. The molecule has 0 aromatic heterocycles. The lowest BCUT2D eigenvalue weighted by Gasteiger charge is -2.05. The van der Waals surface area contributed by atoms with Crippen molar-refractivity contribution in [2.24, 2.45) is 0 Å². The van der Waals surface area contributed by atoms with Crippen molar-refractivity contribution in [3.05, 3.63) is 29.3 Å². The van der Waals surface area contributed by atoms with Crippen LogP contribution in [-0.2, 0) is 10.0 Å². The molecule has 78 valence electrons. The van der Waals surface area contributed by atoms with Crippen LogP contribution in [0.15, 0.2) is 17.0 Å². The maximum atomic E-state index is 13.1. The summed E-state index contributed by atoms with van der Waals surface area (Å²) in [5.41, 5.74) is 0.0672. The Morgan fingerprint density at radius 2 is 1.79 bits per heavy atom. The third kappa shape index (κ3) is 1.91. The normalized spacial score (nSPS) is 11.7. The summed E-state index contributed by atoms with van der Waals surface area (Å²) in [5.74, 6) is -1.71. The molecule has 3 nitrogen and oxygen atoms in total. The average molecular weight is 221 g/mol. The van der Waals surface area contributed by atoms with Crippen molar-refractivity contribution in [3.63, 3.8) is 0 Å². The van der Waals surface area contributed by atoms with Gasteiger partial charge < -0.3 is 0 Å². The van der Waals surface area contributed by atoms with Gasteiger partial charge in [0.25, 0.3) is 0 Å². The van der Waals surface area contributed by atoms with Gasteiger partial charge >= 0.3 is 0 Å². The van der Waals surface area contributed by atoms with Gasteiger partial charge in [-0.2, -0.15) is 0 Å². The van der Waals surface area contributed by atoms with Gasteiger partial charge in [-0.25, -0.2) is 21.9 Å². The SMILES string of the molecule is CNS(=O)(=O)c1cc(F)c(C)cc1F. The van der Waals surface area contributed by atoms with E-state index in [1.807, 2.05) is 4.72 Å². The van der Waals surface area contributed by atoms with E-state index in [9.17, 15) is 17.2 Å². The quantitative estimate of drug-likeness (QED) is 0.815. The first kappa shape index (κ1) is 11.1. The zero-order valence-corrected chi connectivity index (χ0v) is 8.45. The van der Waals surface area contributed by atoms with E-state index in [2.05, 4.69) is 0 Å². The summed E-state index contributed by atoms with van der Waals surface area (Å²) in [7, 11) is -2.80. The average Bonchev–Trinajstić information content (AvgIpc) is 2.11. The van der Waals surface area contributed by atoms with Crippen LogP contribution in [0.4, 0.5) is 8.78 Å². The third-order valence-electron chi connectivity index (χ3n) is 1.77. The van der Waals surface area contributed by atoms with E-state index < -0.39 is 26.6 Å². The number of hydrogen-bond acceptors (Lipinski definition) is 2. The predicted molar refractivity (Wildman–Crippen MR) is 47.3 cm³/mol. The highest BCUT2D eigenvalue weighted by Crippen LogP contribution is 2.18. The molecule has 6 heteroatoms. The monoisotopic (exact) mass is 221 g/mol. The Kier molecular flexibility index (Phi) is 2.86. The Balaban J connectivity index is 3.45. The van der Waals surface area contributed by atoms with Gasteiger partial charge in [0.15, 0.2) is 0 Å². The van der Waals surface area contributed by atoms with Crippen LogP contribution in [0.2, 0.25) is 0 Å². The van der Waals surface area contributed by atoms with Crippen LogP contribution in [0.5, 0.6) is 0 Å². The summed E-state index contributed by atoms with van der Waals surface area (Å²) >= 11 is 0. The van der Waals surface area contributed by atoms with E-state index in [-0.39, 0.29) is 5.56 Å². The maximum Gasteiger partial charge on any atom is 0.243 e. The molecule has 0 fully saturated rings. The number of aryl methyl sites for hydroxylation is 1. The Labute approximate surface area is 80.8 Å². The fraction of sp³-hybridized carbons (Fsp3) is 0.250. The molecule has 1 aromatic rings. The van der Waals surface area contributed by atoms with E-state index in [0.717, 1.165) is 13.1 Å². The number of rotatable bonds is 2. The number of benzene rings is 1. The predicted octanol–water partition coefficient (Wildman–Crippen LogP) is 1.18. The molecule has 0 aliphatic carbocycles. The van der Waals surface area contributed by atoms with E-state index in [1.54, 1.807) is 0 Å². The van der Waals surface area contributed by atoms with Crippen molar-refractivity contribution in [1.82, 2.24) is 4.72 Å². The van der Waals surface area contributed by atoms with Crippen LogP contribution in [-0.4, -0.2) is 15.5 Å². The van der Waals surface area contributed by atoms with Crippen LogP contribution in [0.1, 0.15) is 5.56 Å². The molecule has 0 spiro atoms. The highest BCUT2D eigenvalue weighted by molar-refractivity contribution is 7.89. The molecule has 0 heterocycles. The molecular formula is C8H9F2NO2S. The summed E-state index contributed by atoms with van der Waals surface area (Å²) < 4.78 is 50.3. The van der Waals surface area contributed by atoms with E-state index in [4.69, 9.17) is 0 Å². The largest absolute Gasteiger partial charge is 0.243 e. The zero-order chi connectivity index (χ0) is 10.9. The van der Waals surface area contributed by atoms with Crippen molar-refractivity contribution in [2.75, 3.05) is 7.05 Å². The van der Waals surface area contributed by atoms with E-state index >= 15 is 0 Å². The van der Waals surface area contributed by atoms with Crippen LogP contribution in [0.25, 0.3) is 0 Å². The molecular weight excluding hydrogens is 212 g/mol. The minimum absolute atomic E-state index is 0.0672. The van der Waals surface area contributed by atoms with Crippen LogP contribution < -0.4 is 4.72 Å². The minimum atomic E-state index is -3.93. The number of nitrogens with one attached hydrogen (secondary N) is 1. The topological polar surface area (TPSA) is 46.2 Å². The summed E-state index contributed by atoms with van der Waals surface area (Å²) in [6, 6.07) is 1.51. The van der Waals surface area contributed by atoms with Crippen molar-refractivity contribution < 1.29 is 17.2 Å². The Bertz CT molecular complexity index is 457. The highest BCUT2D eigenvalue weighted by atomic mass is 32.2. The van der Waals surface area contributed by atoms with E-state index in [0.29, 0.717) is 6.07 Å². The third-order valence-corrected chi connectivity index (χ3v) is 3.20. The maximum absolute atomic E-state index is 13.1. The van der Waals surface area contributed by atoms with E-state index in [1.165, 1.54) is 6.92 Å². The molecule has 0 aliphatic heterocycles. The lowest BCUT2D eigenvalue weighted by Crippen LogP contribution is -2.20. The lowest BCUT2D eigenvalue weighted by molar-refractivity contribution is 0.546. The van der Waals surface area contributed by atoms with Crippen LogP contribution in [0.3, 0.4) is 0 Å². The van der Waals surface area contributed by atoms with Gasteiger partial charge in [0.2, 0.25) is 10.0 Å². The summed E-state index contributed by atoms with van der Waals surface area (Å²) in [4.78, 5) is -0.678. The molecule has 1 aromatic carbocycles. The van der Waals surface area contributed by atoms with Crippen LogP contribution >= 0.6 is 0 Å². The van der Waals surface area contributed by atoms with Crippen molar-refractivity contribution in [1.29, 1.82) is 0 Å². The molecule has 14 heavy (non-hydrogen) atoms. The molecule has 0 amide bonds. The fourth-order valence-electron chi connectivity index (χ4n) is 0.944. The lowest BCUT2D eigenvalue weighted by atomic mass is 10.2. The summed E-state index contributed by atoms with van der Waals surface area (Å²) in [5, 5.41) is 0. The molecule has 0 bridgehead atoms. The smallest absolute Gasteiger partial charge is 0.214 e. The first-order valence-corrected chi connectivity index (χ1v) is 5.26. The number of halogens is 2. The first-order chi connectivity index (χ1) is 6.38. The van der Waals surface area contributed by atoms with Crippen molar-refractivity contribution >= 4 is 10.0 Å². The van der Waals surface area contributed by atoms with Gasteiger partial charge in [-0.3, -0.25) is 0 Å². The first-order valence-electron chi connectivity index (χ1n) is 3.77. The molecule has 1 rings (SSSR count). The molecule has 0 saturated heterocycles. The molecule has 0 radical (unpaired) electrons. The van der Waals surface area contributed by atoms with Gasteiger partial charge in [-0.15, -0.1) is 0 Å². The summed E-state index contributed by atoms with van der Waals surface area (Å²) in [6.45, 7) is 1.36. The van der Waals surface area contributed by atoms with Gasteiger partial charge in [0, 0.05) is 0 Å². The zero-order valence-electron chi connectivity index (χ0n) is 7.64. The van der Waals surface area contributed by atoms with Crippen molar-refractivity contribution in [3.8, 4) is 0 Å². The van der Waals surface area contributed by atoms with Gasteiger partial charge in [-0.1, -0.05) is 0 Å². The number of sulfonamides is 1.